The van der Waals surface area contributed by atoms with Crippen LogP contribution in [-0.4, -0.2) is 25.2 Å². The molecule has 0 saturated carbocycles. The number of aromatic nitrogens is 1. The minimum absolute atomic E-state index is 0.589. The van der Waals surface area contributed by atoms with Gasteiger partial charge in [0.1, 0.15) is 5.75 Å². The summed E-state index contributed by atoms with van der Waals surface area (Å²) in [6.07, 6.45) is 1.78. The third-order valence-electron chi connectivity index (χ3n) is 2.37. The predicted octanol–water partition coefficient (Wildman–Crippen LogP) is 1.61. The summed E-state index contributed by atoms with van der Waals surface area (Å²) in [5, 5.41) is 4.30. The van der Waals surface area contributed by atoms with Gasteiger partial charge in [-0.25, -0.2) is 0 Å². The van der Waals surface area contributed by atoms with E-state index in [0.29, 0.717) is 6.54 Å². The van der Waals surface area contributed by atoms with Crippen LogP contribution in [0.2, 0.25) is 0 Å². The van der Waals surface area contributed by atoms with Gasteiger partial charge in [0.15, 0.2) is 0 Å². The topological polar surface area (TPSA) is 60.2 Å². The van der Waals surface area contributed by atoms with Crippen LogP contribution in [0.15, 0.2) is 30.5 Å². The molecule has 0 radical (unpaired) electrons. The largest absolute Gasteiger partial charge is 0.497 e. The van der Waals surface area contributed by atoms with Crippen LogP contribution < -0.4 is 15.8 Å². The lowest BCUT2D eigenvalue weighted by molar-refractivity contribution is 0.415. The lowest BCUT2D eigenvalue weighted by Gasteiger charge is -2.10. The first-order chi connectivity index (χ1) is 7.85. The number of nitrogens with zero attached hydrogens (tertiary/aromatic N) is 1. The standard InChI is InChI=1S/C12H15N3O/c1-16-10-7-9-3-2-5-15-12(9)11(8-10)14-6-4-13/h2-3,5,7-8,14H,4,6,13H2,1H3. The Labute approximate surface area is 94.4 Å². The molecular formula is C12H15N3O. The summed E-state index contributed by atoms with van der Waals surface area (Å²) in [5.74, 6) is 0.819. The number of benzene rings is 1. The van der Waals surface area contributed by atoms with Gasteiger partial charge in [-0.1, -0.05) is 6.07 Å². The van der Waals surface area contributed by atoms with Gasteiger partial charge >= 0.3 is 0 Å². The smallest absolute Gasteiger partial charge is 0.121 e. The van der Waals surface area contributed by atoms with E-state index in [-0.39, 0.29) is 0 Å². The van der Waals surface area contributed by atoms with E-state index in [2.05, 4.69) is 10.3 Å². The second-order valence-electron chi connectivity index (χ2n) is 3.47. The van der Waals surface area contributed by atoms with E-state index >= 15 is 0 Å². The lowest BCUT2D eigenvalue weighted by Crippen LogP contribution is -2.13. The van der Waals surface area contributed by atoms with Gasteiger partial charge in [-0.2, -0.15) is 0 Å². The summed E-state index contributed by atoms with van der Waals surface area (Å²) < 4.78 is 5.24. The number of rotatable bonds is 4. The lowest BCUT2D eigenvalue weighted by atomic mass is 10.2. The number of hydrogen-bond donors (Lipinski definition) is 2. The van der Waals surface area contributed by atoms with E-state index in [4.69, 9.17) is 10.5 Å². The Balaban J connectivity index is 2.50. The maximum absolute atomic E-state index is 5.48. The van der Waals surface area contributed by atoms with Gasteiger partial charge in [-0.05, 0) is 12.1 Å². The van der Waals surface area contributed by atoms with Crippen molar-refractivity contribution in [1.82, 2.24) is 4.98 Å². The molecule has 0 aliphatic rings. The summed E-state index contributed by atoms with van der Waals surface area (Å²) in [6.45, 7) is 1.31. The van der Waals surface area contributed by atoms with Gasteiger partial charge in [-0.15, -0.1) is 0 Å². The van der Waals surface area contributed by atoms with Crippen molar-refractivity contribution < 1.29 is 4.74 Å². The molecule has 0 aliphatic heterocycles. The molecule has 4 nitrogen and oxygen atoms in total. The van der Waals surface area contributed by atoms with Crippen LogP contribution in [0.5, 0.6) is 5.75 Å². The second kappa shape index (κ2) is 4.81. The zero-order valence-electron chi connectivity index (χ0n) is 9.23. The molecule has 0 spiro atoms. The predicted molar refractivity (Wildman–Crippen MR) is 65.8 cm³/mol. The molecular weight excluding hydrogens is 202 g/mol. The van der Waals surface area contributed by atoms with Crippen molar-refractivity contribution in [3.05, 3.63) is 30.5 Å². The number of nitrogens with one attached hydrogen (secondary N) is 1. The van der Waals surface area contributed by atoms with Crippen LogP contribution >= 0.6 is 0 Å². The third kappa shape index (κ3) is 2.06. The number of pyridine rings is 1. The molecule has 2 rings (SSSR count). The molecule has 3 N–H and O–H groups in total. The number of methoxy groups -OCH3 is 1. The van der Waals surface area contributed by atoms with E-state index in [1.54, 1.807) is 13.3 Å². The zero-order valence-corrected chi connectivity index (χ0v) is 9.23. The number of nitrogens with two attached hydrogens (primary N) is 1. The first-order valence-corrected chi connectivity index (χ1v) is 5.22. The Morgan fingerprint density at radius 2 is 2.31 bits per heavy atom. The van der Waals surface area contributed by atoms with Crippen molar-refractivity contribution in [3.63, 3.8) is 0 Å². The fourth-order valence-electron chi connectivity index (χ4n) is 1.62. The van der Waals surface area contributed by atoms with E-state index in [9.17, 15) is 0 Å². The molecule has 0 atom stereocenters. The van der Waals surface area contributed by atoms with Crippen molar-refractivity contribution in [3.8, 4) is 5.75 Å². The maximum Gasteiger partial charge on any atom is 0.121 e. The Morgan fingerprint density at radius 1 is 1.44 bits per heavy atom. The average molecular weight is 217 g/mol. The van der Waals surface area contributed by atoms with Crippen molar-refractivity contribution in [2.45, 2.75) is 0 Å². The molecule has 1 heterocycles. The first kappa shape index (κ1) is 10.7. The highest BCUT2D eigenvalue weighted by Gasteiger charge is 2.04. The molecule has 0 aliphatic carbocycles. The highest BCUT2D eigenvalue weighted by Crippen LogP contribution is 2.27. The maximum atomic E-state index is 5.48. The van der Waals surface area contributed by atoms with E-state index in [0.717, 1.165) is 28.9 Å². The van der Waals surface area contributed by atoms with Crippen LogP contribution in [0, 0.1) is 0 Å². The molecule has 0 bridgehead atoms. The Morgan fingerprint density at radius 3 is 3.06 bits per heavy atom. The summed E-state index contributed by atoms with van der Waals surface area (Å²) in [4.78, 5) is 4.35. The van der Waals surface area contributed by atoms with Gasteiger partial charge in [0.25, 0.3) is 0 Å². The molecule has 0 unspecified atom stereocenters. The van der Waals surface area contributed by atoms with Crippen LogP contribution in [0.4, 0.5) is 5.69 Å². The van der Waals surface area contributed by atoms with E-state index in [1.807, 2.05) is 24.3 Å². The summed E-state index contributed by atoms with van der Waals surface area (Å²) in [7, 11) is 1.66. The van der Waals surface area contributed by atoms with Gasteiger partial charge < -0.3 is 15.8 Å². The Hall–Kier alpha value is -1.81. The number of fused-ring (bicyclic) bond motifs is 1. The van der Waals surface area contributed by atoms with Crippen molar-refractivity contribution in [2.75, 3.05) is 25.5 Å². The second-order valence-corrected chi connectivity index (χ2v) is 3.47. The molecule has 0 amide bonds. The van der Waals surface area contributed by atoms with Gasteiger partial charge in [0, 0.05) is 30.7 Å². The molecule has 0 saturated heterocycles. The summed E-state index contributed by atoms with van der Waals surface area (Å²) in [6, 6.07) is 7.83. The number of hydrogen-bond acceptors (Lipinski definition) is 4. The zero-order chi connectivity index (χ0) is 11.4. The van der Waals surface area contributed by atoms with E-state index < -0.39 is 0 Å². The molecule has 1 aromatic heterocycles. The SMILES string of the molecule is COc1cc(NCCN)c2ncccc2c1. The highest BCUT2D eigenvalue weighted by molar-refractivity contribution is 5.91. The quantitative estimate of drug-likeness (QED) is 0.817. The van der Waals surface area contributed by atoms with Crippen LogP contribution in [0.3, 0.4) is 0 Å². The van der Waals surface area contributed by atoms with Crippen LogP contribution in [0.1, 0.15) is 0 Å². The number of anilines is 1. The molecule has 84 valence electrons. The van der Waals surface area contributed by atoms with Crippen molar-refractivity contribution in [2.24, 2.45) is 5.73 Å². The summed E-state index contributed by atoms with van der Waals surface area (Å²) >= 11 is 0. The first-order valence-electron chi connectivity index (χ1n) is 5.22. The van der Waals surface area contributed by atoms with Gasteiger partial charge in [0.2, 0.25) is 0 Å². The monoisotopic (exact) mass is 217 g/mol. The third-order valence-corrected chi connectivity index (χ3v) is 2.37. The number of ether oxygens (including phenoxy) is 1. The van der Waals surface area contributed by atoms with Crippen LogP contribution in [-0.2, 0) is 0 Å². The van der Waals surface area contributed by atoms with E-state index in [1.165, 1.54) is 0 Å². The minimum Gasteiger partial charge on any atom is -0.497 e. The normalized spacial score (nSPS) is 10.4. The fourth-order valence-corrected chi connectivity index (χ4v) is 1.62. The van der Waals surface area contributed by atoms with Gasteiger partial charge in [0.05, 0.1) is 18.3 Å². The summed E-state index contributed by atoms with van der Waals surface area (Å²) in [5.41, 5.74) is 7.38. The Bertz CT molecular complexity index is 485. The van der Waals surface area contributed by atoms with Crippen LogP contribution in [0.25, 0.3) is 10.9 Å². The molecule has 2 aromatic rings. The molecule has 0 fully saturated rings. The van der Waals surface area contributed by atoms with Gasteiger partial charge in [-0.3, -0.25) is 4.98 Å². The van der Waals surface area contributed by atoms with Crippen molar-refractivity contribution in [1.29, 1.82) is 0 Å². The highest BCUT2D eigenvalue weighted by atomic mass is 16.5. The van der Waals surface area contributed by atoms with Crippen molar-refractivity contribution >= 4 is 16.6 Å². The minimum atomic E-state index is 0.589. The molecule has 1 aromatic carbocycles. The molecule has 4 heteroatoms. The average Bonchev–Trinajstić information content (AvgIpc) is 2.35. The molecule has 16 heavy (non-hydrogen) atoms. The Kier molecular flexibility index (Phi) is 3.22. The fraction of sp³-hybridized carbons (Fsp3) is 0.250.